The van der Waals surface area contributed by atoms with Crippen LogP contribution in [0.15, 0.2) is 34.1 Å². The van der Waals surface area contributed by atoms with E-state index in [0.29, 0.717) is 10.6 Å². The quantitative estimate of drug-likeness (QED) is 0.333. The minimum absolute atomic E-state index is 0.0271. The average Bonchev–Trinajstić information content (AvgIpc) is 2.63. The van der Waals surface area contributed by atoms with Crippen LogP contribution in [0.4, 0.5) is 17.6 Å². The molecule has 2 aromatic rings. The number of thioether (sulfide) groups is 2. The monoisotopic (exact) mass is 402 g/mol. The zero-order valence-electron chi connectivity index (χ0n) is 15.0. The van der Waals surface area contributed by atoms with Gasteiger partial charge in [0.25, 0.3) is 0 Å². The van der Waals surface area contributed by atoms with Gasteiger partial charge in [-0.3, -0.25) is 0 Å². The maximum absolute atomic E-state index is 14.6. The van der Waals surface area contributed by atoms with Gasteiger partial charge in [-0.2, -0.15) is 0 Å². The van der Waals surface area contributed by atoms with Gasteiger partial charge in [0.2, 0.25) is 0 Å². The van der Waals surface area contributed by atoms with E-state index in [1.54, 1.807) is 6.92 Å². The second kappa shape index (κ2) is 9.70. The average molecular weight is 403 g/mol. The van der Waals surface area contributed by atoms with Crippen molar-refractivity contribution in [3.63, 3.8) is 0 Å². The lowest BCUT2D eigenvalue weighted by Crippen LogP contribution is -2.06. The second-order valence-electron chi connectivity index (χ2n) is 6.01. The summed E-state index contributed by atoms with van der Waals surface area (Å²) in [6.45, 7) is 5.51. The van der Waals surface area contributed by atoms with E-state index in [0.717, 1.165) is 24.7 Å². The molecule has 0 aliphatic rings. The third-order valence-electron chi connectivity index (χ3n) is 3.97. The highest BCUT2D eigenvalue weighted by Gasteiger charge is 2.23. The van der Waals surface area contributed by atoms with Crippen molar-refractivity contribution in [2.45, 2.75) is 49.3 Å². The summed E-state index contributed by atoms with van der Waals surface area (Å²) in [6, 6.07) is 5.65. The van der Waals surface area contributed by atoms with Crippen LogP contribution in [-0.4, -0.2) is 11.5 Å². The molecule has 0 aromatic heterocycles. The molecule has 0 N–H and O–H groups in total. The number of rotatable bonds is 8. The van der Waals surface area contributed by atoms with Crippen molar-refractivity contribution in [2.24, 2.45) is 0 Å². The van der Waals surface area contributed by atoms with Crippen molar-refractivity contribution < 1.29 is 17.6 Å². The Bertz CT molecular complexity index is 762. The van der Waals surface area contributed by atoms with Crippen molar-refractivity contribution in [2.75, 3.05) is 11.5 Å². The smallest absolute Gasteiger partial charge is 0.172 e. The molecule has 0 saturated heterocycles. The Morgan fingerprint density at radius 1 is 0.808 bits per heavy atom. The lowest BCUT2D eigenvalue weighted by atomic mass is 9.92. The highest BCUT2D eigenvalue weighted by Crippen LogP contribution is 2.35. The van der Waals surface area contributed by atoms with Crippen LogP contribution in [0.2, 0.25) is 0 Å². The summed E-state index contributed by atoms with van der Waals surface area (Å²) in [7, 11) is 0. The molecule has 26 heavy (non-hydrogen) atoms. The number of benzene rings is 2. The molecular formula is C20H22F4S2. The first-order valence-electron chi connectivity index (χ1n) is 8.63. The van der Waals surface area contributed by atoms with E-state index in [4.69, 9.17) is 0 Å². The molecule has 6 heteroatoms. The van der Waals surface area contributed by atoms with Crippen LogP contribution < -0.4 is 0 Å². The van der Waals surface area contributed by atoms with Crippen LogP contribution in [0.3, 0.4) is 0 Å². The second-order valence-corrected chi connectivity index (χ2v) is 8.31. The summed E-state index contributed by atoms with van der Waals surface area (Å²) in [4.78, 5) is 0.822. The Kier molecular flexibility index (Phi) is 7.89. The van der Waals surface area contributed by atoms with Crippen LogP contribution in [-0.2, 0) is 0 Å². The van der Waals surface area contributed by atoms with Gasteiger partial charge < -0.3 is 0 Å². The van der Waals surface area contributed by atoms with Gasteiger partial charge in [-0.15, -0.1) is 23.5 Å². The molecule has 0 saturated carbocycles. The predicted octanol–water partition coefficient (Wildman–Crippen LogP) is 7.40. The topological polar surface area (TPSA) is 0 Å². The van der Waals surface area contributed by atoms with Crippen molar-refractivity contribution in [1.82, 2.24) is 0 Å². The van der Waals surface area contributed by atoms with Crippen LogP contribution in [0.1, 0.15) is 50.7 Å². The zero-order valence-corrected chi connectivity index (χ0v) is 16.7. The molecule has 1 unspecified atom stereocenters. The Labute approximate surface area is 160 Å². The first kappa shape index (κ1) is 21.2. The van der Waals surface area contributed by atoms with Gasteiger partial charge in [-0.1, -0.05) is 26.8 Å². The highest BCUT2D eigenvalue weighted by atomic mass is 32.2. The summed E-state index contributed by atoms with van der Waals surface area (Å²) >= 11 is 2.65. The van der Waals surface area contributed by atoms with E-state index in [-0.39, 0.29) is 16.0 Å². The third-order valence-corrected chi connectivity index (χ3v) is 6.39. The fraction of sp³-hybridized carbons (Fsp3) is 0.400. The molecule has 0 heterocycles. The molecular weight excluding hydrogens is 380 g/mol. The SMILES string of the molecule is CCCSc1cc(F)c(F)c(C(C)c2ccc(SCCC)c(F)c2F)c1. The largest absolute Gasteiger partial charge is 0.204 e. The van der Waals surface area contributed by atoms with Crippen LogP contribution in [0.5, 0.6) is 0 Å². The zero-order chi connectivity index (χ0) is 19.3. The summed E-state index contributed by atoms with van der Waals surface area (Å²) in [5.41, 5.74) is 0.0650. The van der Waals surface area contributed by atoms with Gasteiger partial charge in [0.15, 0.2) is 23.3 Å². The Morgan fingerprint density at radius 3 is 2.12 bits per heavy atom. The molecule has 0 spiro atoms. The minimum atomic E-state index is -1.01. The Balaban J connectivity index is 2.41. The molecule has 0 amide bonds. The van der Waals surface area contributed by atoms with Crippen molar-refractivity contribution in [3.05, 3.63) is 58.7 Å². The van der Waals surface area contributed by atoms with E-state index in [1.807, 2.05) is 13.8 Å². The molecule has 0 bridgehead atoms. The predicted molar refractivity (Wildman–Crippen MR) is 102 cm³/mol. The fourth-order valence-electron chi connectivity index (χ4n) is 2.57. The molecule has 0 nitrogen and oxygen atoms in total. The van der Waals surface area contributed by atoms with Crippen molar-refractivity contribution in [1.29, 1.82) is 0 Å². The number of hydrogen-bond acceptors (Lipinski definition) is 2. The van der Waals surface area contributed by atoms with E-state index < -0.39 is 29.2 Å². The molecule has 0 aliphatic carbocycles. The summed E-state index contributed by atoms with van der Waals surface area (Å²) < 4.78 is 57.2. The molecule has 0 aliphatic heterocycles. The number of halogens is 4. The van der Waals surface area contributed by atoms with E-state index >= 15 is 0 Å². The summed E-state index contributed by atoms with van der Waals surface area (Å²) in [5, 5.41) is 0. The maximum atomic E-state index is 14.6. The van der Waals surface area contributed by atoms with E-state index in [1.165, 1.54) is 41.7 Å². The third kappa shape index (κ3) is 4.77. The van der Waals surface area contributed by atoms with Crippen LogP contribution >= 0.6 is 23.5 Å². The standard InChI is InChI=1S/C20H22F4S2/c1-4-8-25-13-10-15(18(22)16(21)11-13)12(3)14-6-7-17(26-9-5-2)20(24)19(14)23/h6-7,10-12H,4-5,8-9H2,1-3H3. The van der Waals surface area contributed by atoms with E-state index in [2.05, 4.69) is 0 Å². The van der Waals surface area contributed by atoms with Gasteiger partial charge in [0, 0.05) is 15.7 Å². The normalized spacial score (nSPS) is 12.4. The fourth-order valence-corrected chi connectivity index (χ4v) is 4.22. The number of hydrogen-bond donors (Lipinski definition) is 0. The van der Waals surface area contributed by atoms with Gasteiger partial charge in [0.1, 0.15) is 0 Å². The summed E-state index contributed by atoms with van der Waals surface area (Å²) in [6.07, 6.45) is 1.74. The van der Waals surface area contributed by atoms with Crippen LogP contribution in [0, 0.1) is 23.3 Å². The molecule has 1 atom stereocenters. The first-order chi connectivity index (χ1) is 12.4. The van der Waals surface area contributed by atoms with Gasteiger partial charge in [0.05, 0.1) is 0 Å². The lowest BCUT2D eigenvalue weighted by Gasteiger charge is -2.17. The van der Waals surface area contributed by atoms with Crippen molar-refractivity contribution in [3.8, 4) is 0 Å². The Morgan fingerprint density at radius 2 is 1.46 bits per heavy atom. The minimum Gasteiger partial charge on any atom is -0.204 e. The molecule has 0 fully saturated rings. The van der Waals surface area contributed by atoms with Gasteiger partial charge in [-0.05, 0) is 53.7 Å². The van der Waals surface area contributed by atoms with Crippen molar-refractivity contribution >= 4 is 23.5 Å². The van der Waals surface area contributed by atoms with E-state index in [9.17, 15) is 17.6 Å². The molecule has 2 rings (SSSR count). The van der Waals surface area contributed by atoms with Gasteiger partial charge in [-0.25, -0.2) is 17.6 Å². The molecule has 0 radical (unpaired) electrons. The molecule has 2 aromatic carbocycles. The van der Waals surface area contributed by atoms with Gasteiger partial charge >= 0.3 is 0 Å². The molecule has 142 valence electrons. The lowest BCUT2D eigenvalue weighted by molar-refractivity contribution is 0.471. The van der Waals surface area contributed by atoms with Crippen LogP contribution in [0.25, 0.3) is 0 Å². The summed E-state index contributed by atoms with van der Waals surface area (Å²) in [5.74, 6) is -3.25. The maximum Gasteiger partial charge on any atom is 0.172 e. The first-order valence-corrected chi connectivity index (χ1v) is 10.6. The highest BCUT2D eigenvalue weighted by molar-refractivity contribution is 7.99. The Hall–Kier alpha value is -1.14.